The summed E-state index contributed by atoms with van der Waals surface area (Å²) in [5.41, 5.74) is 0. The maximum atomic E-state index is 9.87. The van der Waals surface area contributed by atoms with Crippen LogP contribution in [-0.4, -0.2) is 26.3 Å². The van der Waals surface area contributed by atoms with Gasteiger partial charge in [-0.05, 0) is 6.42 Å². The Balaban J connectivity index is 3.29. The topological polar surface area (TPSA) is 35.5 Å². The van der Waals surface area contributed by atoms with Crippen LogP contribution in [0.1, 0.15) is 19.8 Å². The van der Waals surface area contributed by atoms with Crippen LogP contribution in [-0.2, 0) is 14.3 Å². The van der Waals surface area contributed by atoms with Crippen molar-refractivity contribution in [3.63, 3.8) is 0 Å². The Labute approximate surface area is 61.3 Å². The number of hydrogen-bond acceptors (Lipinski definition) is 3. The van der Waals surface area contributed by atoms with Gasteiger partial charge in [0.15, 0.2) is 0 Å². The van der Waals surface area contributed by atoms with E-state index in [2.05, 4.69) is 0 Å². The van der Waals surface area contributed by atoms with Crippen molar-refractivity contribution in [3.8, 4) is 0 Å². The van der Waals surface area contributed by atoms with Crippen molar-refractivity contribution >= 4 is 6.47 Å². The molecule has 3 heteroatoms. The number of hydrogen-bond donors (Lipinski definition) is 0. The Hall–Kier alpha value is -0.570. The minimum Gasteiger partial charge on any atom is -0.465 e. The van der Waals surface area contributed by atoms with Gasteiger partial charge in [-0.1, -0.05) is 6.92 Å². The second kappa shape index (κ2) is 6.55. The molecule has 0 aliphatic carbocycles. The van der Waals surface area contributed by atoms with Crippen LogP contribution in [0.25, 0.3) is 0 Å². The van der Waals surface area contributed by atoms with E-state index in [1.54, 1.807) is 7.11 Å². The summed E-state index contributed by atoms with van der Waals surface area (Å²) in [6.45, 7) is 3.11. The average Bonchev–Trinajstić information content (AvgIpc) is 1.98. The van der Waals surface area contributed by atoms with Gasteiger partial charge in [-0.15, -0.1) is 0 Å². The zero-order valence-corrected chi connectivity index (χ0v) is 6.50. The lowest BCUT2D eigenvalue weighted by atomic mass is 10.2. The summed E-state index contributed by atoms with van der Waals surface area (Å²) >= 11 is 0. The molecule has 0 aromatic rings. The smallest absolute Gasteiger partial charge is 0.293 e. The van der Waals surface area contributed by atoms with Crippen molar-refractivity contribution in [2.75, 3.05) is 13.7 Å². The van der Waals surface area contributed by atoms with Gasteiger partial charge in [0.1, 0.15) is 6.10 Å². The predicted molar refractivity (Wildman–Crippen MR) is 37.7 cm³/mol. The van der Waals surface area contributed by atoms with Crippen molar-refractivity contribution in [2.24, 2.45) is 0 Å². The van der Waals surface area contributed by atoms with Crippen LogP contribution in [0, 0.1) is 0 Å². The number of ether oxygens (including phenoxy) is 2. The molecule has 10 heavy (non-hydrogen) atoms. The van der Waals surface area contributed by atoms with Crippen molar-refractivity contribution in [1.82, 2.24) is 0 Å². The third-order valence-corrected chi connectivity index (χ3v) is 1.35. The van der Waals surface area contributed by atoms with Crippen molar-refractivity contribution in [1.29, 1.82) is 0 Å². The molecule has 0 rings (SSSR count). The molecule has 0 bridgehead atoms. The van der Waals surface area contributed by atoms with Gasteiger partial charge >= 0.3 is 0 Å². The molecule has 1 unspecified atom stereocenters. The summed E-state index contributed by atoms with van der Waals surface area (Å²) in [6, 6.07) is 0. The molecule has 0 N–H and O–H groups in total. The zero-order chi connectivity index (χ0) is 7.82. The molecule has 0 aliphatic rings. The van der Waals surface area contributed by atoms with E-state index in [1.807, 2.05) is 6.92 Å². The molecule has 0 fully saturated rings. The van der Waals surface area contributed by atoms with Crippen LogP contribution in [0.5, 0.6) is 0 Å². The lowest BCUT2D eigenvalue weighted by Gasteiger charge is -2.10. The second-order valence-electron chi connectivity index (χ2n) is 2.04. The molecule has 0 amide bonds. The molecule has 0 heterocycles. The van der Waals surface area contributed by atoms with E-state index in [0.717, 1.165) is 12.8 Å². The summed E-state index contributed by atoms with van der Waals surface area (Å²) in [4.78, 5) is 9.87. The van der Waals surface area contributed by atoms with Gasteiger partial charge in [-0.2, -0.15) is 0 Å². The number of carbonyl (C=O) groups excluding carboxylic acids is 1. The molecule has 0 saturated carbocycles. The molecule has 1 atom stereocenters. The van der Waals surface area contributed by atoms with Gasteiger partial charge in [0, 0.05) is 20.1 Å². The Morgan fingerprint density at radius 3 is 2.70 bits per heavy atom. The molecule has 3 nitrogen and oxygen atoms in total. The fourth-order valence-electron chi connectivity index (χ4n) is 0.696. The molecule has 0 saturated heterocycles. The Morgan fingerprint density at radius 1 is 1.60 bits per heavy atom. The van der Waals surface area contributed by atoms with Gasteiger partial charge in [-0.25, -0.2) is 0 Å². The lowest BCUT2D eigenvalue weighted by molar-refractivity contribution is -0.134. The molecule has 0 spiro atoms. The largest absolute Gasteiger partial charge is 0.465 e. The number of carbonyl (C=O) groups is 1. The molecular formula is C7H14O3. The summed E-state index contributed by atoms with van der Waals surface area (Å²) in [5.74, 6) is 0. The molecule has 0 radical (unpaired) electrons. The SMILES string of the molecule is CCC(CCOC)OC=O. The van der Waals surface area contributed by atoms with Crippen LogP contribution < -0.4 is 0 Å². The van der Waals surface area contributed by atoms with Crippen LogP contribution in [0.2, 0.25) is 0 Å². The Morgan fingerprint density at radius 2 is 2.30 bits per heavy atom. The van der Waals surface area contributed by atoms with E-state index in [1.165, 1.54) is 0 Å². The van der Waals surface area contributed by atoms with Crippen molar-refractivity contribution < 1.29 is 14.3 Å². The Bertz CT molecular complexity index is 82.9. The van der Waals surface area contributed by atoms with E-state index in [4.69, 9.17) is 9.47 Å². The minimum atomic E-state index is 0.0254. The van der Waals surface area contributed by atoms with Gasteiger partial charge in [0.25, 0.3) is 6.47 Å². The normalized spacial score (nSPS) is 12.6. The lowest BCUT2D eigenvalue weighted by Crippen LogP contribution is -2.12. The first kappa shape index (κ1) is 9.43. The second-order valence-corrected chi connectivity index (χ2v) is 2.04. The van der Waals surface area contributed by atoms with E-state index in [9.17, 15) is 4.79 Å². The van der Waals surface area contributed by atoms with Crippen LogP contribution >= 0.6 is 0 Å². The third kappa shape index (κ3) is 4.32. The standard InChI is InChI=1S/C7H14O3/c1-3-7(10-6-8)4-5-9-2/h6-7H,3-5H2,1-2H3. The first-order valence-electron chi connectivity index (χ1n) is 3.43. The maximum Gasteiger partial charge on any atom is 0.293 e. The van der Waals surface area contributed by atoms with E-state index in [0.29, 0.717) is 13.1 Å². The van der Waals surface area contributed by atoms with Gasteiger partial charge in [-0.3, -0.25) is 4.79 Å². The van der Waals surface area contributed by atoms with Crippen molar-refractivity contribution in [3.05, 3.63) is 0 Å². The van der Waals surface area contributed by atoms with Crippen LogP contribution in [0.4, 0.5) is 0 Å². The monoisotopic (exact) mass is 146 g/mol. The van der Waals surface area contributed by atoms with E-state index < -0.39 is 0 Å². The first-order chi connectivity index (χ1) is 4.85. The minimum absolute atomic E-state index is 0.0254. The Kier molecular flexibility index (Phi) is 6.18. The predicted octanol–water partition coefficient (Wildman–Crippen LogP) is 0.974. The summed E-state index contributed by atoms with van der Waals surface area (Å²) in [7, 11) is 1.63. The summed E-state index contributed by atoms with van der Waals surface area (Å²) in [5, 5.41) is 0. The maximum absolute atomic E-state index is 9.87. The van der Waals surface area contributed by atoms with Gasteiger partial charge in [0.05, 0.1) is 0 Å². The van der Waals surface area contributed by atoms with Crippen LogP contribution in [0.3, 0.4) is 0 Å². The van der Waals surface area contributed by atoms with E-state index >= 15 is 0 Å². The first-order valence-corrected chi connectivity index (χ1v) is 3.43. The van der Waals surface area contributed by atoms with Gasteiger partial charge in [0.2, 0.25) is 0 Å². The average molecular weight is 146 g/mol. The summed E-state index contributed by atoms with van der Waals surface area (Å²) < 4.78 is 9.56. The quantitative estimate of drug-likeness (QED) is 0.524. The zero-order valence-electron chi connectivity index (χ0n) is 6.50. The highest BCUT2D eigenvalue weighted by molar-refractivity contribution is 5.37. The molecular weight excluding hydrogens is 132 g/mol. The van der Waals surface area contributed by atoms with Crippen LogP contribution in [0.15, 0.2) is 0 Å². The number of rotatable bonds is 6. The highest BCUT2D eigenvalue weighted by Gasteiger charge is 2.04. The summed E-state index contributed by atoms with van der Waals surface area (Å²) in [6.07, 6.45) is 1.66. The third-order valence-electron chi connectivity index (χ3n) is 1.35. The molecule has 0 aromatic heterocycles. The highest BCUT2D eigenvalue weighted by atomic mass is 16.5. The molecule has 0 aromatic carbocycles. The van der Waals surface area contributed by atoms with E-state index in [-0.39, 0.29) is 6.10 Å². The van der Waals surface area contributed by atoms with Crippen molar-refractivity contribution in [2.45, 2.75) is 25.9 Å². The molecule has 0 aliphatic heterocycles. The fourth-order valence-corrected chi connectivity index (χ4v) is 0.696. The fraction of sp³-hybridized carbons (Fsp3) is 0.857. The highest BCUT2D eigenvalue weighted by Crippen LogP contribution is 2.01. The number of methoxy groups -OCH3 is 1. The molecule has 60 valence electrons. The van der Waals surface area contributed by atoms with Gasteiger partial charge < -0.3 is 9.47 Å².